The summed E-state index contributed by atoms with van der Waals surface area (Å²) in [7, 11) is -16.8. The summed E-state index contributed by atoms with van der Waals surface area (Å²) >= 11 is 0. The lowest BCUT2D eigenvalue weighted by molar-refractivity contribution is -0.437. The number of rotatable bonds is 18. The molecule has 2 heterocycles. The van der Waals surface area contributed by atoms with Crippen LogP contribution in [0.2, 0.25) is 0 Å². The van der Waals surface area contributed by atoms with Crippen LogP contribution < -0.4 is 4.90 Å². The quantitative estimate of drug-likeness (QED) is 0.0315. The van der Waals surface area contributed by atoms with Crippen molar-refractivity contribution in [1.82, 2.24) is 0 Å². The Morgan fingerprint density at radius 3 is 2.03 bits per heavy atom. The molecule has 2 aliphatic heterocycles. The predicted octanol–water partition coefficient (Wildman–Crippen LogP) is 6.42. The number of fused-ring (bicyclic) bond motifs is 2. The fraction of sp³-hybridized carbons (Fsp3) is 0.390. The predicted molar refractivity (Wildman–Crippen MR) is 232 cm³/mol. The third kappa shape index (κ3) is 11.2. The van der Waals surface area contributed by atoms with Crippen molar-refractivity contribution < 1.29 is 64.9 Å². The number of anilines is 1. The van der Waals surface area contributed by atoms with E-state index >= 15 is 0 Å². The zero-order chi connectivity index (χ0) is 44.6. The first-order valence-corrected chi connectivity index (χ1v) is 25.9. The van der Waals surface area contributed by atoms with Crippen LogP contribution in [-0.2, 0) is 51.1 Å². The lowest BCUT2D eigenvalue weighted by Gasteiger charge is -2.28. The van der Waals surface area contributed by atoms with Crippen molar-refractivity contribution in [2.24, 2.45) is 0 Å². The summed E-state index contributed by atoms with van der Waals surface area (Å²) in [5.41, 5.74) is 4.24. The van der Waals surface area contributed by atoms with E-state index in [0.717, 1.165) is 28.1 Å². The molecule has 19 heteroatoms. The molecule has 0 spiro atoms. The minimum atomic E-state index is -4.55. The first kappa shape index (κ1) is 47.3. The smallest absolute Gasteiger partial charge is 0.325 e. The van der Waals surface area contributed by atoms with Crippen LogP contribution in [0, 0.1) is 0 Å². The Hall–Kier alpha value is -3.73. The van der Waals surface area contributed by atoms with Crippen molar-refractivity contribution in [3.63, 3.8) is 0 Å². The minimum Gasteiger partial charge on any atom is -0.481 e. The Balaban J connectivity index is 1.63. The molecule has 0 bridgehead atoms. The summed E-state index contributed by atoms with van der Waals surface area (Å²) in [4.78, 5) is 51.6. The lowest BCUT2D eigenvalue weighted by Crippen LogP contribution is -2.28. The van der Waals surface area contributed by atoms with E-state index < -0.39 is 51.9 Å². The highest BCUT2D eigenvalue weighted by molar-refractivity contribution is 7.95. The van der Waals surface area contributed by atoms with Crippen molar-refractivity contribution in [3.05, 3.63) is 107 Å². The normalized spacial score (nSPS) is 18.5. The first-order valence-electron chi connectivity index (χ1n) is 19.2. The van der Waals surface area contributed by atoms with Crippen LogP contribution >= 0.6 is 15.2 Å². The van der Waals surface area contributed by atoms with Crippen molar-refractivity contribution in [1.29, 1.82) is 0 Å². The SMILES string of the molecule is C=S(=O)(O)c1ccc2c(c1)C(C)(C)C(/C=C/C(C/C=C1/N(CCCP(=O)(O)O)c3ccc(S(=O)(=O)O)cc3C1(C)C)c1ccc(CCC(=O)O)cc1)=[N+]2CCCP(=O)(O)O. The van der Waals surface area contributed by atoms with Crippen LogP contribution in [0.4, 0.5) is 11.4 Å². The average Bonchev–Trinajstić information content (AvgIpc) is 3.46. The molecule has 0 saturated carbocycles. The highest BCUT2D eigenvalue weighted by Gasteiger charge is 2.45. The maximum atomic E-state index is 12.6. The summed E-state index contributed by atoms with van der Waals surface area (Å²) in [5.74, 6) is 2.14. The fourth-order valence-corrected chi connectivity index (χ4v) is 10.2. The zero-order valence-electron chi connectivity index (χ0n) is 33.8. The van der Waals surface area contributed by atoms with Gasteiger partial charge in [0.25, 0.3) is 10.1 Å². The van der Waals surface area contributed by atoms with E-state index in [1.165, 1.54) is 18.2 Å². The molecule has 15 nitrogen and oxygen atoms in total. The van der Waals surface area contributed by atoms with Gasteiger partial charge in [0.1, 0.15) is 16.3 Å². The van der Waals surface area contributed by atoms with Gasteiger partial charge in [-0.3, -0.25) is 18.5 Å². The number of carboxylic acid groups (broad SMARTS) is 1. The molecule has 0 aromatic heterocycles. The molecule has 2 unspecified atom stereocenters. The number of aliphatic carboxylic acids is 1. The lowest BCUT2D eigenvalue weighted by atomic mass is 9.80. The topological polar surface area (TPSA) is 250 Å². The van der Waals surface area contributed by atoms with Crippen LogP contribution in [0.3, 0.4) is 0 Å². The number of carboxylic acids is 1. The molecule has 2 atom stereocenters. The molecule has 0 radical (unpaired) electrons. The van der Waals surface area contributed by atoms with Gasteiger partial charge in [0.2, 0.25) is 5.69 Å². The van der Waals surface area contributed by atoms with Gasteiger partial charge in [-0.05, 0) is 86.0 Å². The Morgan fingerprint density at radius 1 is 0.850 bits per heavy atom. The number of hydrogen-bond donors (Lipinski definition) is 7. The standard InChI is InChI=1S/C41H52N2O13P2S2/c1-40(2)33-26-31(59(5,52)53)15-17-35(33)42(22-6-24-57(46,47)48)37(40)19-13-30(29-11-8-28(9-12-29)10-21-39(44)45)14-20-38-41(3,4)34-27-32(60(54,55)56)16-18-36(34)43(38)23-7-25-58(49,50)51/h8-9,11-13,15-20,26-27,30H,5-7,10,14,21-25H2,1-4H3,(H6-,44,45,46,47,48,49,50,51,52,53,54,55,56)/p+1/b19-13+,38-20+. The summed E-state index contributed by atoms with van der Waals surface area (Å²) in [6, 6.07) is 16.6. The summed E-state index contributed by atoms with van der Waals surface area (Å²) in [6.07, 6.45) is 6.09. The van der Waals surface area contributed by atoms with E-state index in [0.29, 0.717) is 29.8 Å². The van der Waals surface area contributed by atoms with E-state index in [9.17, 15) is 60.3 Å². The van der Waals surface area contributed by atoms with Crippen LogP contribution in [0.15, 0.2) is 94.4 Å². The van der Waals surface area contributed by atoms with E-state index in [2.05, 4.69) is 5.87 Å². The molecule has 3 aromatic rings. The molecule has 2 aliphatic rings. The van der Waals surface area contributed by atoms with E-state index in [4.69, 9.17) is 0 Å². The van der Waals surface area contributed by atoms with Gasteiger partial charge in [-0.15, -0.1) is 0 Å². The molecule has 0 aliphatic carbocycles. The van der Waals surface area contributed by atoms with Gasteiger partial charge >= 0.3 is 21.2 Å². The summed E-state index contributed by atoms with van der Waals surface area (Å²) in [5, 5.41) is 9.24. The van der Waals surface area contributed by atoms with Crippen LogP contribution in [-0.4, -0.2) is 94.0 Å². The van der Waals surface area contributed by atoms with Crippen molar-refractivity contribution >= 4 is 64.0 Å². The number of carbonyl (C=O) groups is 1. The van der Waals surface area contributed by atoms with Gasteiger partial charge in [0.15, 0.2) is 5.71 Å². The van der Waals surface area contributed by atoms with Gasteiger partial charge in [-0.2, -0.15) is 13.0 Å². The number of aryl methyl sites for hydroxylation is 1. The molecule has 0 saturated heterocycles. The fourth-order valence-electron chi connectivity index (χ4n) is 8.04. The summed E-state index contributed by atoms with van der Waals surface area (Å²) < 4.78 is 82.8. The Morgan fingerprint density at radius 2 is 1.45 bits per heavy atom. The molecule has 60 heavy (non-hydrogen) atoms. The van der Waals surface area contributed by atoms with E-state index in [-0.39, 0.29) is 60.4 Å². The van der Waals surface area contributed by atoms with Crippen LogP contribution in [0.5, 0.6) is 0 Å². The maximum Gasteiger partial charge on any atom is 0.325 e. The minimum absolute atomic E-state index is 0.0472. The maximum absolute atomic E-state index is 12.6. The van der Waals surface area contributed by atoms with Crippen LogP contribution in [0.1, 0.15) is 81.5 Å². The molecule has 326 valence electrons. The summed E-state index contributed by atoms with van der Waals surface area (Å²) in [6.45, 7) is 8.11. The van der Waals surface area contributed by atoms with Crippen molar-refractivity contribution in [3.8, 4) is 0 Å². The third-order valence-electron chi connectivity index (χ3n) is 11.1. The van der Waals surface area contributed by atoms with Gasteiger partial charge in [0.05, 0.1) is 27.5 Å². The van der Waals surface area contributed by atoms with Gasteiger partial charge in [0, 0.05) is 59.8 Å². The second kappa shape index (κ2) is 17.6. The Labute approximate surface area is 351 Å². The van der Waals surface area contributed by atoms with Crippen molar-refractivity contribution in [2.45, 2.75) is 86.3 Å². The van der Waals surface area contributed by atoms with Gasteiger partial charge in [-0.25, -0.2) is 4.21 Å². The van der Waals surface area contributed by atoms with Gasteiger partial charge < -0.3 is 34.1 Å². The number of allylic oxidation sites excluding steroid dienone is 4. The largest absolute Gasteiger partial charge is 0.481 e. The second-order valence-electron chi connectivity index (χ2n) is 16.3. The highest BCUT2D eigenvalue weighted by atomic mass is 32.2. The zero-order valence-corrected chi connectivity index (χ0v) is 37.3. The first-order chi connectivity index (χ1) is 27.6. The van der Waals surface area contributed by atoms with E-state index in [1.54, 1.807) is 18.2 Å². The van der Waals surface area contributed by atoms with Gasteiger partial charge in [-0.1, -0.05) is 50.3 Å². The molecule has 0 fully saturated rings. The number of hydrogen-bond acceptors (Lipinski definition) is 7. The molecule has 5 rings (SSSR count). The molecular weight excluding hydrogens is 855 g/mol. The second-order valence-corrected chi connectivity index (χ2v) is 23.0. The van der Waals surface area contributed by atoms with Crippen LogP contribution in [0.25, 0.3) is 0 Å². The molecular formula is C41H53N2O13P2S2+. The van der Waals surface area contributed by atoms with Crippen molar-refractivity contribution in [2.75, 3.05) is 30.3 Å². The Bertz CT molecular complexity index is 2570. The number of nitrogens with zero attached hydrogens (tertiary/aromatic N) is 2. The third-order valence-corrected chi connectivity index (χ3v) is 14.8. The highest BCUT2D eigenvalue weighted by Crippen LogP contribution is 2.50. The molecule has 0 amide bonds. The Kier molecular flexibility index (Phi) is 13.9. The molecule has 3 aromatic carbocycles. The monoisotopic (exact) mass is 907 g/mol. The molecule has 7 N–H and O–H groups in total. The average molecular weight is 908 g/mol. The number of benzene rings is 3. The van der Waals surface area contributed by atoms with E-state index in [1.807, 2.05) is 79.7 Å².